The van der Waals surface area contributed by atoms with Crippen molar-refractivity contribution in [2.24, 2.45) is 5.73 Å². The summed E-state index contributed by atoms with van der Waals surface area (Å²) in [5.74, 6) is -1.14. The van der Waals surface area contributed by atoms with Gasteiger partial charge in [0.15, 0.2) is 0 Å². The molecule has 6 nitrogen and oxygen atoms in total. The second-order valence-corrected chi connectivity index (χ2v) is 5.01. The molecule has 3 N–H and O–H groups in total. The van der Waals surface area contributed by atoms with E-state index in [2.05, 4.69) is 5.32 Å². The first-order valence-corrected chi connectivity index (χ1v) is 6.76. The van der Waals surface area contributed by atoms with Crippen LogP contribution in [0.25, 0.3) is 0 Å². The topological polar surface area (TPSA) is 94.2 Å². The van der Waals surface area contributed by atoms with Crippen LogP contribution in [0.15, 0.2) is 41.2 Å². The van der Waals surface area contributed by atoms with Crippen LogP contribution in [-0.4, -0.2) is 16.4 Å². The van der Waals surface area contributed by atoms with Gasteiger partial charge in [-0.1, -0.05) is 18.2 Å². The van der Waals surface area contributed by atoms with Gasteiger partial charge in [0.25, 0.3) is 11.5 Å². The summed E-state index contributed by atoms with van der Waals surface area (Å²) >= 11 is 0. The van der Waals surface area contributed by atoms with Crippen molar-refractivity contribution in [3.8, 4) is 0 Å². The number of amides is 2. The SMILES string of the molecule is Cc1cc(C)n(CC(=O)Nc2ccccc2)c(=O)c1C(N)=O. The molecule has 0 saturated heterocycles. The number of carbonyl (C=O) groups excluding carboxylic acids is 2. The molecule has 0 aliphatic carbocycles. The van der Waals surface area contributed by atoms with Crippen LogP contribution in [0.2, 0.25) is 0 Å². The number of aryl methyl sites for hydroxylation is 2. The van der Waals surface area contributed by atoms with Gasteiger partial charge >= 0.3 is 0 Å². The summed E-state index contributed by atoms with van der Waals surface area (Å²) in [4.78, 5) is 35.8. The molecular formula is C16H17N3O3. The third kappa shape index (κ3) is 3.22. The lowest BCUT2D eigenvalue weighted by Gasteiger charge is -2.13. The number of primary amides is 1. The molecule has 0 aliphatic rings. The molecule has 0 radical (unpaired) electrons. The summed E-state index contributed by atoms with van der Waals surface area (Å²) < 4.78 is 1.24. The summed E-state index contributed by atoms with van der Waals surface area (Å²) in [6, 6.07) is 10.6. The zero-order valence-electron chi connectivity index (χ0n) is 12.4. The highest BCUT2D eigenvalue weighted by atomic mass is 16.2. The Bertz CT molecular complexity index is 779. The summed E-state index contributed by atoms with van der Waals surface area (Å²) in [6.45, 7) is 3.16. The number of carbonyl (C=O) groups is 2. The average molecular weight is 299 g/mol. The highest BCUT2D eigenvalue weighted by Gasteiger charge is 2.16. The molecule has 0 saturated carbocycles. The molecular weight excluding hydrogens is 282 g/mol. The van der Waals surface area contributed by atoms with E-state index in [4.69, 9.17) is 5.73 Å². The number of aromatic nitrogens is 1. The van der Waals surface area contributed by atoms with E-state index in [1.807, 2.05) is 6.07 Å². The highest BCUT2D eigenvalue weighted by molar-refractivity contribution is 5.94. The highest BCUT2D eigenvalue weighted by Crippen LogP contribution is 2.08. The van der Waals surface area contributed by atoms with Gasteiger partial charge in [0.2, 0.25) is 5.91 Å². The zero-order valence-corrected chi connectivity index (χ0v) is 12.4. The number of anilines is 1. The fraction of sp³-hybridized carbons (Fsp3) is 0.188. The number of nitrogens with one attached hydrogen (secondary N) is 1. The van der Waals surface area contributed by atoms with Crippen molar-refractivity contribution in [3.63, 3.8) is 0 Å². The number of pyridine rings is 1. The molecule has 1 aromatic heterocycles. The number of nitrogens with two attached hydrogens (primary N) is 1. The van der Waals surface area contributed by atoms with Gasteiger partial charge in [0, 0.05) is 11.4 Å². The van der Waals surface area contributed by atoms with Crippen molar-refractivity contribution in [2.75, 3.05) is 5.32 Å². The summed E-state index contributed by atoms with van der Waals surface area (Å²) in [7, 11) is 0. The van der Waals surface area contributed by atoms with E-state index in [-0.39, 0.29) is 18.0 Å². The second-order valence-electron chi connectivity index (χ2n) is 5.01. The lowest BCUT2D eigenvalue weighted by atomic mass is 10.1. The van der Waals surface area contributed by atoms with Gasteiger partial charge in [-0.05, 0) is 37.6 Å². The van der Waals surface area contributed by atoms with Crippen LogP contribution in [-0.2, 0) is 11.3 Å². The standard InChI is InChI=1S/C16H17N3O3/c1-10-8-11(2)19(16(22)14(10)15(17)21)9-13(20)18-12-6-4-3-5-7-12/h3-8H,9H2,1-2H3,(H2,17,21)(H,18,20). The lowest BCUT2D eigenvalue weighted by molar-refractivity contribution is -0.116. The van der Waals surface area contributed by atoms with Crippen molar-refractivity contribution in [1.82, 2.24) is 4.57 Å². The minimum Gasteiger partial charge on any atom is -0.365 e. The molecule has 0 bridgehead atoms. The Labute approximate surface area is 127 Å². The molecule has 1 aromatic carbocycles. The third-order valence-corrected chi connectivity index (χ3v) is 3.31. The van der Waals surface area contributed by atoms with Crippen molar-refractivity contribution >= 4 is 17.5 Å². The van der Waals surface area contributed by atoms with E-state index >= 15 is 0 Å². The van der Waals surface area contributed by atoms with Gasteiger partial charge < -0.3 is 15.6 Å². The minimum absolute atomic E-state index is 0.0851. The van der Waals surface area contributed by atoms with E-state index in [1.165, 1.54) is 4.57 Å². The molecule has 0 fully saturated rings. The van der Waals surface area contributed by atoms with E-state index in [1.54, 1.807) is 44.2 Å². The second kappa shape index (κ2) is 6.26. The fourth-order valence-electron chi connectivity index (χ4n) is 2.29. The number of rotatable bonds is 4. The van der Waals surface area contributed by atoms with E-state index < -0.39 is 11.5 Å². The zero-order chi connectivity index (χ0) is 16.3. The predicted octanol–water partition coefficient (Wildman–Crippen LogP) is 1.20. The largest absolute Gasteiger partial charge is 0.365 e. The normalized spacial score (nSPS) is 10.3. The Morgan fingerprint density at radius 1 is 1.18 bits per heavy atom. The first-order chi connectivity index (χ1) is 10.4. The van der Waals surface area contributed by atoms with Crippen molar-refractivity contribution < 1.29 is 9.59 Å². The van der Waals surface area contributed by atoms with E-state index in [0.29, 0.717) is 16.9 Å². The number of hydrogen-bond acceptors (Lipinski definition) is 3. The summed E-state index contributed by atoms with van der Waals surface area (Å²) in [5, 5.41) is 2.69. The monoisotopic (exact) mass is 299 g/mol. The number of nitrogens with zero attached hydrogens (tertiary/aromatic N) is 1. The van der Waals surface area contributed by atoms with Gasteiger partial charge in [0.05, 0.1) is 0 Å². The number of para-hydroxylation sites is 1. The van der Waals surface area contributed by atoms with Crippen LogP contribution < -0.4 is 16.6 Å². The molecule has 2 aromatic rings. The van der Waals surface area contributed by atoms with Gasteiger partial charge in [-0.15, -0.1) is 0 Å². The molecule has 1 heterocycles. The van der Waals surface area contributed by atoms with Gasteiger partial charge in [-0.25, -0.2) is 0 Å². The van der Waals surface area contributed by atoms with Crippen molar-refractivity contribution in [1.29, 1.82) is 0 Å². The maximum absolute atomic E-state index is 12.3. The third-order valence-electron chi connectivity index (χ3n) is 3.31. The Kier molecular flexibility index (Phi) is 4.41. The molecule has 0 unspecified atom stereocenters. The number of benzene rings is 1. The fourth-order valence-corrected chi connectivity index (χ4v) is 2.29. The molecule has 2 amide bonds. The quantitative estimate of drug-likeness (QED) is 0.888. The molecule has 22 heavy (non-hydrogen) atoms. The van der Waals surface area contributed by atoms with Gasteiger partial charge in [-0.2, -0.15) is 0 Å². The Morgan fingerprint density at radius 2 is 1.82 bits per heavy atom. The molecule has 0 spiro atoms. The maximum Gasteiger partial charge on any atom is 0.264 e. The van der Waals surface area contributed by atoms with Gasteiger partial charge in [-0.3, -0.25) is 14.4 Å². The lowest BCUT2D eigenvalue weighted by Crippen LogP contribution is -2.35. The van der Waals surface area contributed by atoms with Crippen LogP contribution in [0.3, 0.4) is 0 Å². The molecule has 2 rings (SSSR count). The molecule has 0 atom stereocenters. The van der Waals surface area contributed by atoms with Crippen LogP contribution in [0.5, 0.6) is 0 Å². The molecule has 0 aliphatic heterocycles. The molecule has 6 heteroatoms. The van der Waals surface area contributed by atoms with Crippen LogP contribution in [0.1, 0.15) is 21.6 Å². The predicted molar refractivity (Wildman–Crippen MR) is 83.8 cm³/mol. The first-order valence-electron chi connectivity index (χ1n) is 6.76. The Hall–Kier alpha value is -2.89. The molecule has 114 valence electrons. The van der Waals surface area contributed by atoms with Crippen molar-refractivity contribution in [2.45, 2.75) is 20.4 Å². The summed E-state index contributed by atoms with van der Waals surface area (Å²) in [6.07, 6.45) is 0. The van der Waals surface area contributed by atoms with E-state index in [9.17, 15) is 14.4 Å². The minimum atomic E-state index is -0.792. The Balaban J connectivity index is 2.30. The first kappa shape index (κ1) is 15.5. The van der Waals surface area contributed by atoms with Crippen LogP contribution >= 0.6 is 0 Å². The van der Waals surface area contributed by atoms with E-state index in [0.717, 1.165) is 0 Å². The smallest absolute Gasteiger partial charge is 0.264 e. The summed E-state index contributed by atoms with van der Waals surface area (Å²) in [5.41, 5.74) is 6.34. The number of hydrogen-bond donors (Lipinski definition) is 2. The van der Waals surface area contributed by atoms with Crippen molar-refractivity contribution in [3.05, 3.63) is 63.6 Å². The van der Waals surface area contributed by atoms with Gasteiger partial charge in [0.1, 0.15) is 12.1 Å². The Morgan fingerprint density at radius 3 is 2.41 bits per heavy atom. The average Bonchev–Trinajstić information content (AvgIpc) is 2.44. The van der Waals surface area contributed by atoms with Crippen LogP contribution in [0.4, 0.5) is 5.69 Å². The van der Waals surface area contributed by atoms with Crippen LogP contribution in [0, 0.1) is 13.8 Å². The maximum atomic E-state index is 12.3.